The van der Waals surface area contributed by atoms with Crippen LogP contribution < -0.4 is 10.6 Å². The van der Waals surface area contributed by atoms with Crippen LogP contribution in [0.1, 0.15) is 43.6 Å². The van der Waals surface area contributed by atoms with Gasteiger partial charge in [-0.2, -0.15) is 0 Å². The molecule has 1 atom stereocenters. The van der Waals surface area contributed by atoms with Crippen molar-refractivity contribution in [3.05, 3.63) is 23.7 Å². The number of piperidine rings is 1. The Morgan fingerprint density at radius 2 is 2.39 bits per heavy atom. The average molecular weight is 250 g/mol. The largest absolute Gasteiger partial charge is 0.465 e. The highest BCUT2D eigenvalue weighted by Crippen LogP contribution is 2.11. The van der Waals surface area contributed by atoms with Crippen LogP contribution in [0.3, 0.4) is 0 Å². The van der Waals surface area contributed by atoms with E-state index in [9.17, 15) is 4.79 Å². The first-order valence-corrected chi connectivity index (χ1v) is 6.79. The lowest BCUT2D eigenvalue weighted by Gasteiger charge is -2.22. The van der Waals surface area contributed by atoms with E-state index in [1.54, 1.807) is 0 Å². The molecule has 1 aromatic rings. The molecule has 2 N–H and O–H groups in total. The summed E-state index contributed by atoms with van der Waals surface area (Å²) < 4.78 is 5.40. The van der Waals surface area contributed by atoms with E-state index in [4.69, 9.17) is 4.42 Å². The Hall–Kier alpha value is -1.29. The fourth-order valence-electron chi connectivity index (χ4n) is 2.33. The number of amides is 1. The summed E-state index contributed by atoms with van der Waals surface area (Å²) in [6, 6.07) is 4.33. The second kappa shape index (κ2) is 6.59. The zero-order valence-electron chi connectivity index (χ0n) is 11.0. The van der Waals surface area contributed by atoms with E-state index >= 15 is 0 Å². The van der Waals surface area contributed by atoms with Gasteiger partial charge in [0.2, 0.25) is 5.91 Å². The maximum absolute atomic E-state index is 11.7. The van der Waals surface area contributed by atoms with E-state index < -0.39 is 0 Å². The Morgan fingerprint density at radius 3 is 3.06 bits per heavy atom. The van der Waals surface area contributed by atoms with Gasteiger partial charge in [-0.1, -0.05) is 6.42 Å². The van der Waals surface area contributed by atoms with Crippen LogP contribution in [0, 0.1) is 6.92 Å². The Morgan fingerprint density at radius 1 is 1.50 bits per heavy atom. The van der Waals surface area contributed by atoms with Gasteiger partial charge < -0.3 is 15.1 Å². The number of furan rings is 1. The van der Waals surface area contributed by atoms with Crippen molar-refractivity contribution in [1.82, 2.24) is 10.6 Å². The van der Waals surface area contributed by atoms with Crippen LogP contribution >= 0.6 is 0 Å². The minimum atomic E-state index is 0.108. The number of hydrogen-bond donors (Lipinski definition) is 2. The van der Waals surface area contributed by atoms with Crippen molar-refractivity contribution >= 4 is 5.91 Å². The van der Waals surface area contributed by atoms with Crippen molar-refractivity contribution in [2.45, 2.75) is 51.6 Å². The van der Waals surface area contributed by atoms with Gasteiger partial charge >= 0.3 is 0 Å². The van der Waals surface area contributed by atoms with Gasteiger partial charge in [0.25, 0.3) is 0 Å². The van der Waals surface area contributed by atoms with Crippen LogP contribution in [0.15, 0.2) is 16.5 Å². The zero-order chi connectivity index (χ0) is 12.8. The van der Waals surface area contributed by atoms with E-state index in [0.29, 0.717) is 19.0 Å². The van der Waals surface area contributed by atoms with Crippen LogP contribution in [0.2, 0.25) is 0 Å². The van der Waals surface area contributed by atoms with Gasteiger partial charge in [0.1, 0.15) is 11.5 Å². The van der Waals surface area contributed by atoms with Gasteiger partial charge in [-0.05, 0) is 44.9 Å². The predicted octanol–water partition coefficient (Wildman–Crippen LogP) is 2.13. The Labute approximate surface area is 108 Å². The summed E-state index contributed by atoms with van der Waals surface area (Å²) in [7, 11) is 0. The molecule has 2 rings (SSSR count). The lowest BCUT2D eigenvalue weighted by atomic mass is 10.0. The molecule has 0 aliphatic carbocycles. The standard InChI is InChI=1S/C14H22N2O2/c1-11-5-7-13(18-11)10-16-14(17)8-6-12-4-2-3-9-15-12/h5,7,12,15H,2-4,6,8-10H2,1H3,(H,16,17). The minimum Gasteiger partial charge on any atom is -0.465 e. The molecule has 1 aliphatic heterocycles. The molecule has 1 amide bonds. The molecule has 1 aliphatic rings. The van der Waals surface area contributed by atoms with Gasteiger partial charge in [-0.25, -0.2) is 0 Å². The second-order valence-electron chi connectivity index (χ2n) is 4.97. The number of carbonyl (C=O) groups excluding carboxylic acids is 1. The Bertz CT molecular complexity index is 381. The topological polar surface area (TPSA) is 54.3 Å². The zero-order valence-corrected chi connectivity index (χ0v) is 11.0. The van der Waals surface area contributed by atoms with Gasteiger partial charge in [-0.15, -0.1) is 0 Å². The van der Waals surface area contributed by atoms with Crippen molar-refractivity contribution in [1.29, 1.82) is 0 Å². The molecular formula is C14H22N2O2. The first-order valence-electron chi connectivity index (χ1n) is 6.79. The maximum Gasteiger partial charge on any atom is 0.220 e. The van der Waals surface area contributed by atoms with Gasteiger partial charge in [0.05, 0.1) is 6.54 Å². The first-order chi connectivity index (χ1) is 8.74. The third kappa shape index (κ3) is 4.18. The van der Waals surface area contributed by atoms with Crippen molar-refractivity contribution in [3.63, 3.8) is 0 Å². The maximum atomic E-state index is 11.7. The van der Waals surface area contributed by atoms with E-state index in [1.165, 1.54) is 19.3 Å². The summed E-state index contributed by atoms with van der Waals surface area (Å²) in [5.74, 6) is 1.80. The molecular weight excluding hydrogens is 228 g/mol. The summed E-state index contributed by atoms with van der Waals surface area (Å²) in [4.78, 5) is 11.7. The van der Waals surface area contributed by atoms with Crippen LogP contribution in [-0.4, -0.2) is 18.5 Å². The Kier molecular flexibility index (Phi) is 4.81. The molecule has 4 nitrogen and oxygen atoms in total. The fourth-order valence-corrected chi connectivity index (χ4v) is 2.33. The molecule has 4 heteroatoms. The molecule has 0 bridgehead atoms. The van der Waals surface area contributed by atoms with Crippen molar-refractivity contribution in [2.24, 2.45) is 0 Å². The molecule has 2 heterocycles. The van der Waals surface area contributed by atoms with E-state index in [-0.39, 0.29) is 5.91 Å². The molecule has 18 heavy (non-hydrogen) atoms. The van der Waals surface area contributed by atoms with Crippen molar-refractivity contribution in [2.75, 3.05) is 6.54 Å². The number of hydrogen-bond acceptors (Lipinski definition) is 3. The highest BCUT2D eigenvalue weighted by molar-refractivity contribution is 5.75. The lowest BCUT2D eigenvalue weighted by Crippen LogP contribution is -2.35. The normalized spacial score (nSPS) is 19.7. The molecule has 1 unspecified atom stereocenters. The first kappa shape index (κ1) is 13.1. The van der Waals surface area contributed by atoms with E-state index in [0.717, 1.165) is 24.5 Å². The number of aryl methyl sites for hydroxylation is 1. The third-order valence-electron chi connectivity index (χ3n) is 3.39. The highest BCUT2D eigenvalue weighted by Gasteiger charge is 2.13. The number of rotatable bonds is 5. The monoisotopic (exact) mass is 250 g/mol. The van der Waals surface area contributed by atoms with Crippen LogP contribution in [0.4, 0.5) is 0 Å². The summed E-state index contributed by atoms with van der Waals surface area (Å²) in [5, 5.41) is 6.34. The van der Waals surface area contributed by atoms with Crippen molar-refractivity contribution in [3.8, 4) is 0 Å². The number of nitrogens with one attached hydrogen (secondary N) is 2. The van der Waals surface area contributed by atoms with Crippen LogP contribution in [0.5, 0.6) is 0 Å². The summed E-state index contributed by atoms with van der Waals surface area (Å²) in [6.45, 7) is 3.49. The lowest BCUT2D eigenvalue weighted by molar-refractivity contribution is -0.121. The minimum absolute atomic E-state index is 0.108. The molecule has 0 spiro atoms. The van der Waals surface area contributed by atoms with E-state index in [2.05, 4.69) is 10.6 Å². The summed E-state index contributed by atoms with van der Waals surface area (Å²) in [5.41, 5.74) is 0. The van der Waals surface area contributed by atoms with Gasteiger partial charge in [-0.3, -0.25) is 4.79 Å². The second-order valence-corrected chi connectivity index (χ2v) is 4.97. The highest BCUT2D eigenvalue weighted by atomic mass is 16.3. The van der Waals surface area contributed by atoms with Gasteiger partial charge in [0.15, 0.2) is 0 Å². The molecule has 1 fully saturated rings. The number of carbonyl (C=O) groups is 1. The molecule has 0 radical (unpaired) electrons. The van der Waals surface area contributed by atoms with Gasteiger partial charge in [0, 0.05) is 12.5 Å². The third-order valence-corrected chi connectivity index (χ3v) is 3.39. The predicted molar refractivity (Wildman–Crippen MR) is 70.2 cm³/mol. The molecule has 0 saturated carbocycles. The summed E-state index contributed by atoms with van der Waals surface area (Å²) in [6.07, 6.45) is 5.27. The van der Waals surface area contributed by atoms with Crippen molar-refractivity contribution < 1.29 is 9.21 Å². The van der Waals surface area contributed by atoms with E-state index in [1.807, 2.05) is 19.1 Å². The SMILES string of the molecule is Cc1ccc(CNC(=O)CCC2CCCCN2)o1. The molecule has 1 saturated heterocycles. The van der Waals surface area contributed by atoms with Crippen LogP contribution in [0.25, 0.3) is 0 Å². The fraction of sp³-hybridized carbons (Fsp3) is 0.643. The quantitative estimate of drug-likeness (QED) is 0.841. The summed E-state index contributed by atoms with van der Waals surface area (Å²) >= 11 is 0. The smallest absolute Gasteiger partial charge is 0.220 e. The molecule has 1 aromatic heterocycles. The molecule has 100 valence electrons. The Balaban J connectivity index is 1.62. The average Bonchev–Trinajstić information content (AvgIpc) is 2.81. The molecule has 0 aromatic carbocycles. The van der Waals surface area contributed by atoms with Crippen LogP contribution in [-0.2, 0) is 11.3 Å².